The summed E-state index contributed by atoms with van der Waals surface area (Å²) in [6, 6.07) is 0. The maximum Gasteiger partial charge on any atom is 0.110 e. The van der Waals surface area contributed by atoms with Gasteiger partial charge in [-0.3, -0.25) is 0 Å². The maximum atomic E-state index is 7.41. The number of hydrogen-bond acceptors (Lipinski definition) is 0. The van der Waals surface area contributed by atoms with E-state index in [0.29, 0.717) is 25.7 Å². The Morgan fingerprint density at radius 2 is 1.07 bits per heavy atom. The molecule has 0 aliphatic heterocycles. The number of hydrogen-bond donors (Lipinski definition) is 0. The Labute approximate surface area is 214 Å². The predicted molar refractivity (Wildman–Crippen MR) is 125 cm³/mol. The van der Waals surface area contributed by atoms with Gasteiger partial charge >= 0.3 is 0 Å². The largest absolute Gasteiger partial charge is 0.121 e. The molecular weight excluding hydrogens is 571 g/mol. The molecule has 0 nitrogen and oxygen atoms in total. The minimum absolute atomic E-state index is 0.300. The van der Waals surface area contributed by atoms with Crippen molar-refractivity contribution in [2.75, 3.05) is 0 Å². The Balaban J connectivity index is 1.88. The second-order valence-corrected chi connectivity index (χ2v) is 14.7. The lowest BCUT2D eigenvalue weighted by atomic mass is 9.60. The van der Waals surface area contributed by atoms with Crippen LogP contribution in [0.3, 0.4) is 0 Å². The quantitative estimate of drug-likeness (QED) is 0.202. The van der Waals surface area contributed by atoms with Crippen LogP contribution in [0.15, 0.2) is 24.3 Å². The summed E-state index contributed by atoms with van der Waals surface area (Å²) in [5.74, 6) is 0. The second kappa shape index (κ2) is 5.71. The number of fused-ring (bicyclic) bond motifs is 8. The van der Waals surface area contributed by atoms with Crippen LogP contribution in [-0.2, 0) is 0 Å². The van der Waals surface area contributed by atoms with E-state index in [1.807, 2.05) is 0 Å². The van der Waals surface area contributed by atoms with Crippen molar-refractivity contribution in [2.45, 2.75) is 75.4 Å². The van der Waals surface area contributed by atoms with Gasteiger partial charge in [-0.2, -0.15) is 0 Å². The SMILES string of the molecule is ClC1CCC2(Cl)C3(Cl)CC3(Cl)C3(Cl)CC3(Cl)C3(Cl)C=CC=CC3(Cl)C2(Cl)C1Cl. The summed E-state index contributed by atoms with van der Waals surface area (Å²) in [5.41, 5.74) is 0. The van der Waals surface area contributed by atoms with E-state index in [0.717, 1.165) is 0 Å². The fraction of sp³-hybridized carbons (Fsp3) is 0.778. The molecule has 0 saturated heterocycles. The minimum Gasteiger partial charge on any atom is -0.121 e. The second-order valence-electron chi connectivity index (χ2n) is 8.67. The van der Waals surface area contributed by atoms with Crippen LogP contribution >= 0.6 is 116 Å². The lowest BCUT2D eigenvalue weighted by molar-refractivity contribution is 0.210. The molecule has 0 aromatic heterocycles. The van der Waals surface area contributed by atoms with Gasteiger partial charge in [0, 0.05) is 0 Å². The molecule has 156 valence electrons. The zero-order valence-corrected chi connectivity index (χ0v) is 21.6. The summed E-state index contributed by atoms with van der Waals surface area (Å²) < 4.78 is 0. The van der Waals surface area contributed by atoms with Gasteiger partial charge in [0.15, 0.2) is 0 Å². The van der Waals surface area contributed by atoms with Crippen molar-refractivity contribution in [2.24, 2.45) is 0 Å². The predicted octanol–water partition coefficient (Wildman–Crippen LogP) is 7.76. The molecule has 0 radical (unpaired) electrons. The normalized spacial score (nSPS) is 69.4. The number of halogens is 10. The van der Waals surface area contributed by atoms with Gasteiger partial charge in [-0.05, 0) is 25.7 Å². The van der Waals surface area contributed by atoms with Gasteiger partial charge in [0.2, 0.25) is 0 Å². The smallest absolute Gasteiger partial charge is 0.110 e. The molecule has 5 rings (SSSR count). The Kier molecular flexibility index (Phi) is 4.52. The van der Waals surface area contributed by atoms with Crippen LogP contribution in [-0.4, -0.2) is 49.7 Å². The van der Waals surface area contributed by atoms with Gasteiger partial charge in [0.25, 0.3) is 0 Å². The third-order valence-corrected chi connectivity index (χ3v) is 16.0. The van der Waals surface area contributed by atoms with Crippen LogP contribution in [0.2, 0.25) is 0 Å². The van der Waals surface area contributed by atoms with Crippen LogP contribution in [0.5, 0.6) is 0 Å². The minimum atomic E-state index is -1.57. The molecule has 10 atom stereocenters. The first-order chi connectivity index (χ1) is 12.7. The van der Waals surface area contributed by atoms with E-state index in [1.54, 1.807) is 24.3 Å². The topological polar surface area (TPSA) is 0 Å². The van der Waals surface area contributed by atoms with Gasteiger partial charge in [0.1, 0.15) is 14.6 Å². The van der Waals surface area contributed by atoms with Crippen molar-refractivity contribution in [1.29, 1.82) is 0 Å². The molecule has 10 unspecified atom stereocenters. The van der Waals surface area contributed by atoms with Crippen LogP contribution < -0.4 is 0 Å². The van der Waals surface area contributed by atoms with Crippen molar-refractivity contribution in [3.05, 3.63) is 24.3 Å². The van der Waals surface area contributed by atoms with E-state index in [1.165, 1.54) is 0 Å². The van der Waals surface area contributed by atoms with Crippen molar-refractivity contribution >= 4 is 116 Å². The Hall–Kier alpha value is 2.38. The molecule has 0 aromatic carbocycles. The van der Waals surface area contributed by atoms with Crippen LogP contribution in [0, 0.1) is 0 Å². The zero-order valence-electron chi connectivity index (χ0n) is 14.1. The van der Waals surface area contributed by atoms with Crippen molar-refractivity contribution in [3.63, 3.8) is 0 Å². The molecule has 0 N–H and O–H groups in total. The van der Waals surface area contributed by atoms with E-state index in [2.05, 4.69) is 0 Å². The molecule has 4 saturated carbocycles. The lowest BCUT2D eigenvalue weighted by Gasteiger charge is -2.64. The van der Waals surface area contributed by atoms with E-state index >= 15 is 0 Å². The molecule has 10 heteroatoms. The van der Waals surface area contributed by atoms with E-state index in [-0.39, 0.29) is 0 Å². The third kappa shape index (κ3) is 1.85. The van der Waals surface area contributed by atoms with E-state index < -0.39 is 49.7 Å². The van der Waals surface area contributed by atoms with Crippen LogP contribution in [0.1, 0.15) is 25.7 Å². The molecule has 5 aliphatic rings. The van der Waals surface area contributed by atoms with Gasteiger partial charge in [-0.25, -0.2) is 0 Å². The highest BCUT2D eigenvalue weighted by Crippen LogP contribution is 2.89. The van der Waals surface area contributed by atoms with Crippen LogP contribution in [0.25, 0.3) is 0 Å². The molecule has 28 heavy (non-hydrogen) atoms. The lowest BCUT2D eigenvalue weighted by Crippen LogP contribution is -2.79. The highest BCUT2D eigenvalue weighted by atomic mass is 35.5. The summed E-state index contributed by atoms with van der Waals surface area (Å²) in [5, 5.41) is -1.34. The average Bonchev–Trinajstić information content (AvgIpc) is 3.44. The molecule has 0 aromatic rings. The van der Waals surface area contributed by atoms with E-state index in [4.69, 9.17) is 116 Å². The maximum absolute atomic E-state index is 7.41. The van der Waals surface area contributed by atoms with Gasteiger partial charge in [-0.15, -0.1) is 116 Å². The number of rotatable bonds is 0. The summed E-state index contributed by atoms with van der Waals surface area (Å²) in [7, 11) is 0. The van der Waals surface area contributed by atoms with Gasteiger partial charge < -0.3 is 0 Å². The Morgan fingerprint density at radius 1 is 0.607 bits per heavy atom. The molecule has 0 spiro atoms. The first kappa shape index (κ1) is 22.2. The molecule has 5 aliphatic carbocycles. The third-order valence-electron chi connectivity index (χ3n) is 7.67. The van der Waals surface area contributed by atoms with Gasteiger partial charge in [-0.1, -0.05) is 24.3 Å². The molecular formula is C18H14Cl10. The Morgan fingerprint density at radius 3 is 1.68 bits per heavy atom. The summed E-state index contributed by atoms with van der Waals surface area (Å²) in [4.78, 5) is -10.5. The average molecular weight is 585 g/mol. The molecule has 0 amide bonds. The fourth-order valence-electron chi connectivity index (χ4n) is 5.90. The standard InChI is InChI=1S/C18H14Cl10/c19-9-3-6-13(23)15(25)8-17(15,27)16(26)7-14(16,24)11(21)4-1-2-5-12(11,22)18(13,28)10(9)20/h1-2,4-5,9-10H,3,6-8H2. The Bertz CT molecular complexity index is 846. The van der Waals surface area contributed by atoms with Gasteiger partial charge in [0.05, 0.1) is 35.1 Å². The highest BCUT2D eigenvalue weighted by molar-refractivity contribution is 6.59. The molecule has 4 fully saturated rings. The van der Waals surface area contributed by atoms with Crippen molar-refractivity contribution in [1.82, 2.24) is 0 Å². The zero-order chi connectivity index (χ0) is 20.8. The summed E-state index contributed by atoms with van der Waals surface area (Å²) in [6.07, 6.45) is 8.38. The van der Waals surface area contributed by atoms with Crippen molar-refractivity contribution in [3.8, 4) is 0 Å². The first-order valence-electron chi connectivity index (χ1n) is 8.82. The highest BCUT2D eigenvalue weighted by Gasteiger charge is 2.99. The molecule has 0 bridgehead atoms. The van der Waals surface area contributed by atoms with E-state index in [9.17, 15) is 0 Å². The van der Waals surface area contributed by atoms with Crippen LogP contribution in [0.4, 0.5) is 0 Å². The number of alkyl halides is 10. The molecule has 0 heterocycles. The summed E-state index contributed by atoms with van der Waals surface area (Å²) in [6.45, 7) is 0. The summed E-state index contributed by atoms with van der Waals surface area (Å²) >= 11 is 71.2. The monoisotopic (exact) mass is 580 g/mol. The first-order valence-corrected chi connectivity index (χ1v) is 12.7. The fourth-order valence-corrected chi connectivity index (χ4v) is 12.0. The van der Waals surface area contributed by atoms with Crippen molar-refractivity contribution < 1.29 is 0 Å². The number of allylic oxidation sites excluding steroid dienone is 4.